The third-order valence-electron chi connectivity index (χ3n) is 2.63. The van der Waals surface area contributed by atoms with E-state index < -0.39 is 12.8 Å². The minimum absolute atomic E-state index is 0.131. The average Bonchev–Trinajstić information content (AvgIpc) is 2.34. The Labute approximate surface area is 108 Å². The normalized spacial score (nSPS) is 11.6. The van der Waals surface area contributed by atoms with Crippen molar-refractivity contribution < 1.29 is 17.9 Å². The van der Waals surface area contributed by atoms with Crippen LogP contribution in [0.2, 0.25) is 0 Å². The molecule has 1 N–H and O–H groups in total. The Hall–Kier alpha value is -1.98. The summed E-state index contributed by atoms with van der Waals surface area (Å²) < 4.78 is 41.4. The number of para-hydroxylation sites is 1. The van der Waals surface area contributed by atoms with Crippen molar-refractivity contribution in [1.82, 2.24) is 4.98 Å². The van der Waals surface area contributed by atoms with Gasteiger partial charge in [0.1, 0.15) is 17.1 Å². The highest BCUT2D eigenvalue weighted by molar-refractivity contribution is 5.86. The first-order chi connectivity index (χ1) is 8.90. The lowest BCUT2D eigenvalue weighted by atomic mass is 10.1. The number of aryl methyl sites for hydroxylation is 1. The number of rotatable bonds is 3. The van der Waals surface area contributed by atoms with Gasteiger partial charge in [0.25, 0.3) is 0 Å². The van der Waals surface area contributed by atoms with Crippen LogP contribution < -0.4 is 10.1 Å². The van der Waals surface area contributed by atoms with E-state index in [0.717, 1.165) is 10.9 Å². The zero-order valence-corrected chi connectivity index (χ0v) is 10.5. The van der Waals surface area contributed by atoms with Gasteiger partial charge in [0, 0.05) is 12.4 Å². The van der Waals surface area contributed by atoms with Crippen molar-refractivity contribution in [2.24, 2.45) is 0 Å². The first-order valence-electron chi connectivity index (χ1n) is 5.68. The van der Waals surface area contributed by atoms with Crippen LogP contribution in [-0.4, -0.2) is 24.8 Å². The van der Waals surface area contributed by atoms with Crippen LogP contribution in [0.15, 0.2) is 24.3 Å². The molecule has 0 aliphatic rings. The van der Waals surface area contributed by atoms with Crippen LogP contribution in [0.25, 0.3) is 10.9 Å². The topological polar surface area (TPSA) is 34.2 Å². The van der Waals surface area contributed by atoms with Crippen LogP contribution in [0, 0.1) is 6.92 Å². The fraction of sp³-hybridized carbons (Fsp3) is 0.308. The lowest BCUT2D eigenvalue weighted by molar-refractivity contribution is -0.153. The molecule has 1 heterocycles. The number of anilines is 1. The van der Waals surface area contributed by atoms with E-state index in [0.29, 0.717) is 11.3 Å². The molecule has 1 aromatic heterocycles. The van der Waals surface area contributed by atoms with Crippen molar-refractivity contribution in [1.29, 1.82) is 0 Å². The summed E-state index contributed by atoms with van der Waals surface area (Å²) in [6.45, 7) is 0.554. The van der Waals surface area contributed by atoms with Gasteiger partial charge in [0.05, 0.1) is 0 Å². The average molecular weight is 270 g/mol. The molecular formula is C13H13F3N2O. The molecule has 0 radical (unpaired) electrons. The van der Waals surface area contributed by atoms with E-state index in [1.165, 1.54) is 6.07 Å². The number of halogens is 3. The highest BCUT2D eigenvalue weighted by Gasteiger charge is 2.28. The van der Waals surface area contributed by atoms with E-state index in [2.05, 4.69) is 10.3 Å². The second-order valence-corrected chi connectivity index (χ2v) is 4.14. The molecule has 1 aromatic carbocycles. The molecular weight excluding hydrogens is 257 g/mol. The number of ether oxygens (including phenoxy) is 1. The molecule has 0 aliphatic carbocycles. The van der Waals surface area contributed by atoms with Crippen molar-refractivity contribution in [2.45, 2.75) is 13.1 Å². The smallest absolute Gasteiger partial charge is 0.422 e. The van der Waals surface area contributed by atoms with Crippen LogP contribution in [0.5, 0.6) is 5.75 Å². The highest BCUT2D eigenvalue weighted by atomic mass is 19.4. The summed E-state index contributed by atoms with van der Waals surface area (Å²) in [5.41, 5.74) is 1.34. The van der Waals surface area contributed by atoms with Crippen LogP contribution in [0.3, 0.4) is 0 Å². The molecule has 0 atom stereocenters. The second-order valence-electron chi connectivity index (χ2n) is 4.14. The number of alkyl halides is 3. The summed E-state index contributed by atoms with van der Waals surface area (Å²) >= 11 is 0. The van der Waals surface area contributed by atoms with Crippen molar-refractivity contribution in [2.75, 3.05) is 19.0 Å². The molecule has 0 saturated carbocycles. The lowest BCUT2D eigenvalue weighted by Crippen LogP contribution is -2.19. The third kappa shape index (κ3) is 3.07. The fourth-order valence-electron chi connectivity index (χ4n) is 1.81. The quantitative estimate of drug-likeness (QED) is 0.926. The first kappa shape index (κ1) is 13.5. The van der Waals surface area contributed by atoms with E-state index in [-0.39, 0.29) is 5.75 Å². The summed E-state index contributed by atoms with van der Waals surface area (Å²) in [4.78, 5) is 4.29. The van der Waals surface area contributed by atoms with Gasteiger partial charge in [-0.3, -0.25) is 0 Å². The van der Waals surface area contributed by atoms with Gasteiger partial charge >= 0.3 is 6.18 Å². The maximum Gasteiger partial charge on any atom is 0.422 e. The predicted octanol–water partition coefficient (Wildman–Crippen LogP) is 3.53. The van der Waals surface area contributed by atoms with Gasteiger partial charge in [0.15, 0.2) is 6.61 Å². The number of hydrogen-bond acceptors (Lipinski definition) is 3. The summed E-state index contributed by atoms with van der Waals surface area (Å²) in [6, 6.07) is 6.77. The van der Waals surface area contributed by atoms with Gasteiger partial charge < -0.3 is 10.1 Å². The Kier molecular flexibility index (Phi) is 3.50. The van der Waals surface area contributed by atoms with Crippen LogP contribution >= 0.6 is 0 Å². The summed E-state index contributed by atoms with van der Waals surface area (Å²) in [5, 5.41) is 3.64. The first-order valence-corrected chi connectivity index (χ1v) is 5.68. The van der Waals surface area contributed by atoms with E-state index in [9.17, 15) is 13.2 Å². The zero-order valence-electron chi connectivity index (χ0n) is 10.5. The fourth-order valence-corrected chi connectivity index (χ4v) is 1.81. The maximum atomic E-state index is 12.2. The van der Waals surface area contributed by atoms with Gasteiger partial charge in [-0.1, -0.05) is 12.1 Å². The Balaban J connectivity index is 2.44. The predicted molar refractivity (Wildman–Crippen MR) is 67.6 cm³/mol. The monoisotopic (exact) mass is 270 g/mol. The summed E-state index contributed by atoms with van der Waals surface area (Å²) in [6.07, 6.45) is -4.36. The maximum absolute atomic E-state index is 12.2. The molecule has 0 saturated heterocycles. The largest absolute Gasteiger partial charge is 0.482 e. The Morgan fingerprint density at radius 3 is 2.68 bits per heavy atom. The SMILES string of the molecule is CNc1nc2c(OCC(F)(F)F)cccc2cc1C. The molecule has 2 rings (SSSR count). The summed E-state index contributed by atoms with van der Waals surface area (Å²) in [7, 11) is 1.71. The van der Waals surface area contributed by atoms with Crippen molar-refractivity contribution in [3.8, 4) is 5.75 Å². The number of nitrogens with one attached hydrogen (secondary N) is 1. The van der Waals surface area contributed by atoms with Crippen LogP contribution in [0.4, 0.5) is 19.0 Å². The molecule has 2 aromatic rings. The zero-order chi connectivity index (χ0) is 14.0. The number of fused-ring (bicyclic) bond motifs is 1. The van der Waals surface area contributed by atoms with Crippen molar-refractivity contribution in [3.63, 3.8) is 0 Å². The van der Waals surface area contributed by atoms with Gasteiger partial charge in [-0.25, -0.2) is 4.98 Å². The highest BCUT2D eigenvalue weighted by Crippen LogP contribution is 2.28. The number of nitrogens with zero attached hydrogens (tertiary/aromatic N) is 1. The molecule has 3 nitrogen and oxygen atoms in total. The standard InChI is InChI=1S/C13H13F3N2O/c1-8-6-9-4-3-5-10(19-7-13(14,15)16)11(9)18-12(8)17-2/h3-6H,7H2,1-2H3,(H,17,18). The van der Waals surface area contributed by atoms with E-state index in [1.807, 2.05) is 13.0 Å². The molecule has 0 amide bonds. The van der Waals surface area contributed by atoms with E-state index in [1.54, 1.807) is 19.2 Å². The van der Waals surface area contributed by atoms with Gasteiger partial charge in [-0.2, -0.15) is 13.2 Å². The number of benzene rings is 1. The molecule has 102 valence electrons. The Morgan fingerprint density at radius 1 is 1.32 bits per heavy atom. The lowest BCUT2D eigenvalue weighted by Gasteiger charge is -2.12. The second kappa shape index (κ2) is 4.95. The Morgan fingerprint density at radius 2 is 2.05 bits per heavy atom. The van der Waals surface area contributed by atoms with Crippen molar-refractivity contribution >= 4 is 16.7 Å². The third-order valence-corrected chi connectivity index (χ3v) is 2.63. The number of hydrogen-bond donors (Lipinski definition) is 1. The van der Waals surface area contributed by atoms with E-state index in [4.69, 9.17) is 4.74 Å². The molecule has 0 unspecified atom stereocenters. The van der Waals surface area contributed by atoms with Gasteiger partial charge in [0.2, 0.25) is 0 Å². The molecule has 0 spiro atoms. The number of aromatic nitrogens is 1. The van der Waals surface area contributed by atoms with Gasteiger partial charge in [-0.15, -0.1) is 0 Å². The van der Waals surface area contributed by atoms with Crippen LogP contribution in [0.1, 0.15) is 5.56 Å². The molecule has 19 heavy (non-hydrogen) atoms. The molecule has 0 aliphatic heterocycles. The number of pyridine rings is 1. The Bertz CT molecular complexity index is 596. The minimum Gasteiger partial charge on any atom is -0.482 e. The van der Waals surface area contributed by atoms with Gasteiger partial charge in [-0.05, 0) is 24.6 Å². The molecule has 0 bridgehead atoms. The summed E-state index contributed by atoms with van der Waals surface area (Å²) in [5.74, 6) is 0.752. The van der Waals surface area contributed by atoms with Crippen molar-refractivity contribution in [3.05, 3.63) is 29.8 Å². The van der Waals surface area contributed by atoms with Crippen LogP contribution in [-0.2, 0) is 0 Å². The molecule has 0 fully saturated rings. The molecule has 6 heteroatoms. The van der Waals surface area contributed by atoms with E-state index >= 15 is 0 Å². The minimum atomic E-state index is -4.36.